The molecule has 0 bridgehead atoms. The monoisotopic (exact) mass is 356 g/mol. The fourth-order valence-electron chi connectivity index (χ4n) is 3.03. The van der Waals surface area contributed by atoms with Crippen molar-refractivity contribution in [2.75, 3.05) is 13.1 Å². The van der Waals surface area contributed by atoms with Crippen LogP contribution < -0.4 is 4.84 Å². The Kier molecular flexibility index (Phi) is 4.76. The number of hydrogen-bond donors (Lipinski definition) is 0. The van der Waals surface area contributed by atoms with Crippen LogP contribution in [0.25, 0.3) is 16.5 Å². The molecular formula is C20H24N2O4. The fraction of sp³-hybridized carbons (Fsp3) is 0.400. The first-order valence-electron chi connectivity index (χ1n) is 8.71. The van der Waals surface area contributed by atoms with Gasteiger partial charge in [0.25, 0.3) is 0 Å². The van der Waals surface area contributed by atoms with E-state index in [1.165, 1.54) is 11.7 Å². The molecule has 6 heteroatoms. The standard InChI is InChI=1S/C20H24N2O4/c1-14(23)26-22-13-17(16-7-5-6-8-18(16)22)15-9-11-21(12-10-15)19(24)25-20(2,3)4/h5-9,13H,10-12H2,1-4H3. The minimum Gasteiger partial charge on any atom is -0.444 e. The first-order chi connectivity index (χ1) is 12.2. The number of benzene rings is 1. The van der Waals surface area contributed by atoms with Gasteiger partial charge in [0, 0.05) is 31.0 Å². The number of rotatable bonds is 2. The molecule has 0 fully saturated rings. The van der Waals surface area contributed by atoms with Gasteiger partial charge in [0.2, 0.25) is 0 Å². The van der Waals surface area contributed by atoms with Crippen LogP contribution in [0.15, 0.2) is 36.5 Å². The molecule has 0 aliphatic carbocycles. The predicted molar refractivity (Wildman–Crippen MR) is 99.6 cm³/mol. The van der Waals surface area contributed by atoms with E-state index in [-0.39, 0.29) is 12.1 Å². The van der Waals surface area contributed by atoms with Gasteiger partial charge in [-0.1, -0.05) is 24.3 Å². The molecule has 0 saturated heterocycles. The van der Waals surface area contributed by atoms with Crippen LogP contribution in [0.2, 0.25) is 0 Å². The van der Waals surface area contributed by atoms with Crippen molar-refractivity contribution in [3.05, 3.63) is 42.1 Å². The highest BCUT2D eigenvalue weighted by molar-refractivity contribution is 5.93. The van der Waals surface area contributed by atoms with E-state index in [1.54, 1.807) is 4.90 Å². The molecule has 1 aromatic heterocycles. The summed E-state index contributed by atoms with van der Waals surface area (Å²) in [6.45, 7) is 8.05. The normalized spacial score (nSPS) is 14.9. The van der Waals surface area contributed by atoms with Gasteiger partial charge in [-0.15, -0.1) is 0 Å². The van der Waals surface area contributed by atoms with Crippen LogP contribution in [0.5, 0.6) is 0 Å². The van der Waals surface area contributed by atoms with Crippen molar-refractivity contribution in [3.8, 4) is 0 Å². The van der Waals surface area contributed by atoms with Crippen LogP contribution >= 0.6 is 0 Å². The lowest BCUT2D eigenvalue weighted by atomic mass is 9.99. The zero-order chi connectivity index (χ0) is 18.9. The van der Waals surface area contributed by atoms with Crippen LogP contribution in [0.4, 0.5) is 4.79 Å². The second kappa shape index (κ2) is 6.86. The third-order valence-corrected chi connectivity index (χ3v) is 4.11. The number of aromatic nitrogens is 1. The Labute approximate surface area is 152 Å². The van der Waals surface area contributed by atoms with E-state index in [0.29, 0.717) is 19.5 Å². The first-order valence-corrected chi connectivity index (χ1v) is 8.71. The number of hydrogen-bond acceptors (Lipinski definition) is 4. The Morgan fingerprint density at radius 1 is 1.15 bits per heavy atom. The molecular weight excluding hydrogens is 332 g/mol. The highest BCUT2D eigenvalue weighted by Crippen LogP contribution is 2.31. The van der Waals surface area contributed by atoms with Gasteiger partial charge < -0.3 is 14.5 Å². The molecule has 138 valence electrons. The Hall–Kier alpha value is -2.76. The molecule has 1 aromatic carbocycles. The minimum atomic E-state index is -0.501. The third kappa shape index (κ3) is 3.90. The SMILES string of the molecule is CC(=O)On1cc(C2=CCN(C(=O)OC(C)(C)C)CC2)c2ccccc21. The summed E-state index contributed by atoms with van der Waals surface area (Å²) in [5.74, 6) is -0.369. The van der Waals surface area contributed by atoms with E-state index in [2.05, 4.69) is 0 Å². The second-order valence-corrected chi connectivity index (χ2v) is 7.37. The van der Waals surface area contributed by atoms with Crippen molar-refractivity contribution in [1.29, 1.82) is 0 Å². The average Bonchev–Trinajstić information content (AvgIpc) is 2.92. The number of carbonyl (C=O) groups is 2. The Bertz CT molecular complexity index is 874. The summed E-state index contributed by atoms with van der Waals surface area (Å²) in [6, 6.07) is 7.79. The van der Waals surface area contributed by atoms with Gasteiger partial charge >= 0.3 is 12.1 Å². The van der Waals surface area contributed by atoms with Crippen LogP contribution in [0.3, 0.4) is 0 Å². The quantitative estimate of drug-likeness (QED) is 0.824. The molecule has 0 spiro atoms. The van der Waals surface area contributed by atoms with E-state index >= 15 is 0 Å². The average molecular weight is 356 g/mol. The van der Waals surface area contributed by atoms with E-state index < -0.39 is 5.60 Å². The molecule has 26 heavy (non-hydrogen) atoms. The number of fused-ring (bicyclic) bond motifs is 1. The third-order valence-electron chi connectivity index (χ3n) is 4.11. The summed E-state index contributed by atoms with van der Waals surface area (Å²) in [5, 5.41) is 1.02. The van der Waals surface area contributed by atoms with Crippen molar-refractivity contribution in [2.24, 2.45) is 0 Å². The maximum absolute atomic E-state index is 12.2. The van der Waals surface area contributed by atoms with Crippen molar-refractivity contribution in [3.63, 3.8) is 0 Å². The summed E-state index contributed by atoms with van der Waals surface area (Å²) < 4.78 is 6.94. The molecule has 0 N–H and O–H groups in total. The van der Waals surface area contributed by atoms with Crippen molar-refractivity contribution < 1.29 is 19.2 Å². The lowest BCUT2D eigenvalue weighted by Gasteiger charge is -2.29. The van der Waals surface area contributed by atoms with Gasteiger partial charge in [-0.3, -0.25) is 0 Å². The number of ether oxygens (including phenoxy) is 1. The molecule has 0 unspecified atom stereocenters. The van der Waals surface area contributed by atoms with Crippen molar-refractivity contribution in [1.82, 2.24) is 9.63 Å². The lowest BCUT2D eigenvalue weighted by Crippen LogP contribution is -2.39. The largest absolute Gasteiger partial charge is 0.444 e. The van der Waals surface area contributed by atoms with Gasteiger partial charge in [-0.2, -0.15) is 4.73 Å². The number of nitrogens with zero attached hydrogens (tertiary/aromatic N) is 2. The molecule has 6 nitrogen and oxygen atoms in total. The summed E-state index contributed by atoms with van der Waals surface area (Å²) in [6.07, 6.45) is 4.29. The van der Waals surface area contributed by atoms with Crippen LogP contribution in [0, 0.1) is 0 Å². The maximum atomic E-state index is 12.2. The molecule has 0 atom stereocenters. The molecule has 1 aliphatic rings. The second-order valence-electron chi connectivity index (χ2n) is 7.37. The lowest BCUT2D eigenvalue weighted by molar-refractivity contribution is -0.140. The van der Waals surface area contributed by atoms with E-state index in [1.807, 2.05) is 57.3 Å². The van der Waals surface area contributed by atoms with Gasteiger partial charge in [-0.25, -0.2) is 9.59 Å². The molecule has 1 aliphatic heterocycles. The zero-order valence-electron chi connectivity index (χ0n) is 15.6. The van der Waals surface area contributed by atoms with E-state index in [4.69, 9.17) is 9.57 Å². The van der Waals surface area contributed by atoms with Gasteiger partial charge in [-0.05, 0) is 38.8 Å². The van der Waals surface area contributed by atoms with Crippen LogP contribution in [-0.2, 0) is 9.53 Å². The zero-order valence-corrected chi connectivity index (χ0v) is 15.6. The highest BCUT2D eigenvalue weighted by atomic mass is 16.7. The Balaban J connectivity index is 1.84. The minimum absolute atomic E-state index is 0.296. The highest BCUT2D eigenvalue weighted by Gasteiger charge is 2.25. The maximum Gasteiger partial charge on any atom is 0.410 e. The predicted octanol–water partition coefficient (Wildman–Crippen LogP) is 3.64. The molecule has 0 saturated carbocycles. The number of para-hydroxylation sites is 1. The molecule has 1 amide bonds. The molecule has 2 aromatic rings. The Morgan fingerprint density at radius 2 is 1.88 bits per heavy atom. The molecule has 2 heterocycles. The topological polar surface area (TPSA) is 60.8 Å². The smallest absolute Gasteiger partial charge is 0.410 e. The summed E-state index contributed by atoms with van der Waals surface area (Å²) in [5.41, 5.74) is 2.49. The van der Waals surface area contributed by atoms with Crippen molar-refractivity contribution >= 4 is 28.5 Å². The van der Waals surface area contributed by atoms with Crippen molar-refractivity contribution in [2.45, 2.75) is 39.7 Å². The van der Waals surface area contributed by atoms with Gasteiger partial charge in [0.15, 0.2) is 0 Å². The Morgan fingerprint density at radius 3 is 2.50 bits per heavy atom. The summed E-state index contributed by atoms with van der Waals surface area (Å²) in [7, 11) is 0. The number of amides is 1. The van der Waals surface area contributed by atoms with Gasteiger partial charge in [0.05, 0.1) is 11.7 Å². The van der Waals surface area contributed by atoms with Gasteiger partial charge in [0.1, 0.15) is 5.60 Å². The number of carbonyl (C=O) groups excluding carboxylic acids is 2. The molecule has 0 radical (unpaired) electrons. The summed E-state index contributed by atoms with van der Waals surface area (Å²) in [4.78, 5) is 30.5. The summed E-state index contributed by atoms with van der Waals surface area (Å²) >= 11 is 0. The van der Waals surface area contributed by atoms with E-state index in [0.717, 1.165) is 22.0 Å². The fourth-order valence-corrected chi connectivity index (χ4v) is 3.03. The van der Waals surface area contributed by atoms with E-state index in [9.17, 15) is 9.59 Å². The van der Waals surface area contributed by atoms with Crippen LogP contribution in [0.1, 0.15) is 39.7 Å². The first kappa shape index (κ1) is 18.0. The molecule has 3 rings (SSSR count). The van der Waals surface area contributed by atoms with Crippen LogP contribution in [-0.4, -0.2) is 40.4 Å².